The summed E-state index contributed by atoms with van der Waals surface area (Å²) in [6.45, 7) is 18.3. The molecule has 1 aliphatic heterocycles. The summed E-state index contributed by atoms with van der Waals surface area (Å²) >= 11 is 0. The summed E-state index contributed by atoms with van der Waals surface area (Å²) in [5, 5.41) is 0. The van der Waals surface area contributed by atoms with Crippen LogP contribution < -0.4 is 0 Å². The zero-order valence-corrected chi connectivity index (χ0v) is 21.8. The minimum absolute atomic E-state index is 0.0859. The van der Waals surface area contributed by atoms with Gasteiger partial charge in [-0.1, -0.05) is 60.6 Å². The number of hydrogen-bond acceptors (Lipinski definition) is 2. The lowest BCUT2D eigenvalue weighted by Gasteiger charge is -2.72. The molecule has 0 radical (unpaired) electrons. The zero-order valence-electron chi connectivity index (χ0n) is 21.8. The molecule has 0 amide bonds. The number of carbonyl (C=O) groups is 1. The van der Waals surface area contributed by atoms with E-state index >= 15 is 0 Å². The molecule has 0 aromatic heterocycles. The van der Waals surface area contributed by atoms with Crippen LogP contribution >= 0.6 is 0 Å². The van der Waals surface area contributed by atoms with E-state index in [4.69, 9.17) is 4.74 Å². The lowest BCUT2D eigenvalue weighted by molar-refractivity contribution is -0.232. The maximum absolute atomic E-state index is 12.9. The average Bonchev–Trinajstić information content (AvgIpc) is 2.94. The van der Waals surface area contributed by atoms with Crippen LogP contribution in [0.15, 0.2) is 12.2 Å². The van der Waals surface area contributed by atoms with Crippen LogP contribution in [0.25, 0.3) is 0 Å². The summed E-state index contributed by atoms with van der Waals surface area (Å²) in [5.74, 6) is 2.21. The van der Waals surface area contributed by atoms with E-state index in [0.29, 0.717) is 34.4 Å². The number of allylic oxidation sites excluding steroid dienone is 1. The van der Waals surface area contributed by atoms with Gasteiger partial charge in [0, 0.05) is 23.2 Å². The van der Waals surface area contributed by atoms with Gasteiger partial charge >= 0.3 is 0 Å². The summed E-state index contributed by atoms with van der Waals surface area (Å²) < 4.78 is 7.10. The van der Waals surface area contributed by atoms with Gasteiger partial charge in [-0.2, -0.15) is 0 Å². The first-order valence-electron chi connectivity index (χ1n) is 13.6. The Labute approximate surface area is 196 Å². The molecule has 6 rings (SSSR count). The summed E-state index contributed by atoms with van der Waals surface area (Å²) in [6, 6.07) is 0. The van der Waals surface area contributed by atoms with Gasteiger partial charge in [-0.25, -0.2) is 0 Å². The normalized spacial score (nSPS) is 57.2. The van der Waals surface area contributed by atoms with Gasteiger partial charge in [0.15, 0.2) is 0 Å². The fourth-order valence-corrected chi connectivity index (χ4v) is 11.0. The predicted molar refractivity (Wildman–Crippen MR) is 129 cm³/mol. The van der Waals surface area contributed by atoms with Crippen LogP contribution in [-0.2, 0) is 9.53 Å². The van der Waals surface area contributed by atoms with Crippen molar-refractivity contribution in [2.24, 2.45) is 50.2 Å². The van der Waals surface area contributed by atoms with E-state index in [2.05, 4.69) is 60.6 Å². The van der Waals surface area contributed by atoms with Crippen LogP contribution in [-0.4, -0.2) is 18.0 Å². The second-order valence-electron chi connectivity index (χ2n) is 15.2. The van der Waals surface area contributed by atoms with Crippen molar-refractivity contribution < 1.29 is 9.53 Å². The maximum Gasteiger partial charge on any atom is 0.138 e. The van der Waals surface area contributed by atoms with Crippen molar-refractivity contribution in [2.75, 3.05) is 6.61 Å². The van der Waals surface area contributed by atoms with Crippen molar-refractivity contribution in [1.29, 1.82) is 0 Å². The molecule has 2 nitrogen and oxygen atoms in total. The van der Waals surface area contributed by atoms with Gasteiger partial charge in [-0.15, -0.1) is 0 Å². The number of fused-ring (bicyclic) bond motifs is 4. The highest BCUT2D eigenvalue weighted by molar-refractivity contribution is 5.85. The Morgan fingerprint density at radius 1 is 0.875 bits per heavy atom. The molecule has 2 heteroatoms. The number of hydrogen-bond donors (Lipinski definition) is 0. The second kappa shape index (κ2) is 5.95. The van der Waals surface area contributed by atoms with Crippen LogP contribution in [0.4, 0.5) is 0 Å². The Kier molecular flexibility index (Phi) is 4.07. The van der Waals surface area contributed by atoms with Gasteiger partial charge in [0.05, 0.1) is 12.2 Å². The predicted octanol–water partition coefficient (Wildman–Crippen LogP) is 7.37. The quantitative estimate of drug-likeness (QED) is 0.369. The summed E-state index contributed by atoms with van der Waals surface area (Å²) in [6.07, 6.45) is 16.2. The fraction of sp³-hybridized carbons (Fsp3) is 0.900. The first-order valence-corrected chi connectivity index (χ1v) is 13.6. The molecule has 1 saturated heterocycles. The van der Waals surface area contributed by atoms with Gasteiger partial charge in [0.1, 0.15) is 5.78 Å². The van der Waals surface area contributed by atoms with E-state index in [1.807, 2.05) is 0 Å². The van der Waals surface area contributed by atoms with E-state index in [0.717, 1.165) is 19.4 Å². The second-order valence-corrected chi connectivity index (χ2v) is 15.2. The van der Waals surface area contributed by atoms with Gasteiger partial charge in [0.25, 0.3) is 0 Å². The molecule has 178 valence electrons. The van der Waals surface area contributed by atoms with Crippen molar-refractivity contribution in [1.82, 2.24) is 0 Å². The van der Waals surface area contributed by atoms with Gasteiger partial charge in [-0.3, -0.25) is 4.79 Å². The molecule has 0 aromatic carbocycles. The SMILES string of the molecule is CC1(C)CCC23CCC4(C)C5(C)CCC6C(C)(C)C(=O)CCC6(C)C5C=CC4(OC2)C3C1. The summed E-state index contributed by atoms with van der Waals surface area (Å²) in [4.78, 5) is 12.9. The first-order chi connectivity index (χ1) is 14.8. The van der Waals surface area contributed by atoms with Crippen molar-refractivity contribution >= 4 is 5.78 Å². The number of rotatable bonds is 0. The molecule has 2 bridgehead atoms. The number of ketones is 1. The topological polar surface area (TPSA) is 26.3 Å². The molecule has 4 saturated carbocycles. The van der Waals surface area contributed by atoms with E-state index in [1.165, 1.54) is 44.9 Å². The van der Waals surface area contributed by atoms with Crippen LogP contribution in [0.5, 0.6) is 0 Å². The number of carbonyl (C=O) groups excluding carboxylic acids is 1. The number of ether oxygens (including phenoxy) is 1. The molecule has 5 fully saturated rings. The highest BCUT2D eigenvalue weighted by Gasteiger charge is 2.76. The molecular formula is C30H46O2. The Balaban J connectivity index is 1.49. The Bertz CT molecular complexity index is 899. The molecule has 6 aliphatic rings. The van der Waals surface area contributed by atoms with Gasteiger partial charge in [-0.05, 0) is 84.9 Å². The van der Waals surface area contributed by atoms with E-state index in [-0.39, 0.29) is 27.3 Å². The summed E-state index contributed by atoms with van der Waals surface area (Å²) in [7, 11) is 0. The highest BCUT2D eigenvalue weighted by Crippen LogP contribution is 2.78. The fourth-order valence-electron chi connectivity index (χ4n) is 11.0. The smallest absolute Gasteiger partial charge is 0.138 e. The maximum atomic E-state index is 12.9. The third-order valence-electron chi connectivity index (χ3n) is 13.3. The molecule has 0 aromatic rings. The van der Waals surface area contributed by atoms with E-state index in [1.54, 1.807) is 0 Å². The number of Topliss-reactive ketones (excluding diaryl/α,β-unsaturated/α-hetero) is 1. The van der Waals surface area contributed by atoms with Crippen LogP contribution in [0, 0.1) is 50.2 Å². The van der Waals surface area contributed by atoms with Crippen molar-refractivity contribution in [3.05, 3.63) is 12.2 Å². The molecule has 8 unspecified atom stereocenters. The van der Waals surface area contributed by atoms with Crippen molar-refractivity contribution in [3.8, 4) is 0 Å². The molecular weight excluding hydrogens is 392 g/mol. The van der Waals surface area contributed by atoms with E-state index < -0.39 is 0 Å². The Morgan fingerprint density at radius 2 is 1.59 bits per heavy atom. The minimum Gasteiger partial charge on any atom is -0.369 e. The standard InChI is InChI=1S/C30H46O2/c1-24(2)14-16-29-17-15-28(7)27(6)12-8-20-25(3,4)23(31)10-11-26(20,5)21(27)9-13-30(28,32-19-29)22(29)18-24/h9,13,20-22H,8,10-12,14-19H2,1-7H3. The molecule has 1 spiro atoms. The summed E-state index contributed by atoms with van der Waals surface area (Å²) in [5.41, 5.74) is 1.21. The van der Waals surface area contributed by atoms with Crippen LogP contribution in [0.1, 0.15) is 106 Å². The zero-order chi connectivity index (χ0) is 23.0. The molecule has 32 heavy (non-hydrogen) atoms. The third-order valence-corrected chi connectivity index (χ3v) is 13.3. The van der Waals surface area contributed by atoms with E-state index in [9.17, 15) is 4.79 Å². The van der Waals surface area contributed by atoms with Gasteiger partial charge in [0.2, 0.25) is 0 Å². The lowest BCUT2D eigenvalue weighted by atomic mass is 9.32. The van der Waals surface area contributed by atoms with Crippen LogP contribution in [0.3, 0.4) is 0 Å². The molecule has 8 atom stereocenters. The highest BCUT2D eigenvalue weighted by atomic mass is 16.5. The first kappa shape index (κ1) is 21.9. The van der Waals surface area contributed by atoms with Crippen LogP contribution in [0.2, 0.25) is 0 Å². The van der Waals surface area contributed by atoms with Crippen molar-refractivity contribution in [2.45, 2.75) is 112 Å². The molecule has 0 N–H and O–H groups in total. The Hall–Kier alpha value is -0.630. The van der Waals surface area contributed by atoms with Crippen molar-refractivity contribution in [3.63, 3.8) is 0 Å². The minimum atomic E-state index is -0.183. The van der Waals surface area contributed by atoms with Gasteiger partial charge < -0.3 is 4.74 Å². The molecule has 5 aliphatic carbocycles. The largest absolute Gasteiger partial charge is 0.369 e. The lowest BCUT2D eigenvalue weighted by Crippen LogP contribution is -2.70. The average molecular weight is 439 g/mol. The Morgan fingerprint density at radius 3 is 2.34 bits per heavy atom. The molecule has 1 heterocycles. The third kappa shape index (κ3) is 2.21. The monoisotopic (exact) mass is 438 g/mol.